The van der Waals surface area contributed by atoms with Gasteiger partial charge in [-0.2, -0.15) is 0 Å². The topological polar surface area (TPSA) is 49.6 Å². The molecule has 0 radical (unpaired) electrons. The maximum absolute atomic E-state index is 12.5. The molecule has 0 spiro atoms. The highest BCUT2D eigenvalue weighted by atomic mass is 16.2. The fourth-order valence-electron chi connectivity index (χ4n) is 3.59. The number of carbonyl (C=O) groups is 1. The van der Waals surface area contributed by atoms with Gasteiger partial charge >= 0.3 is 0 Å². The number of amides is 1. The molecule has 2 fully saturated rings. The zero-order chi connectivity index (χ0) is 15.6. The van der Waals surface area contributed by atoms with Crippen LogP contribution in [0.15, 0.2) is 30.3 Å². The van der Waals surface area contributed by atoms with Gasteiger partial charge in [-0.3, -0.25) is 9.69 Å². The van der Waals surface area contributed by atoms with Gasteiger partial charge in [0.1, 0.15) is 0 Å². The van der Waals surface area contributed by atoms with E-state index in [0.717, 1.165) is 51.7 Å². The van der Waals surface area contributed by atoms with Crippen LogP contribution in [-0.4, -0.2) is 47.4 Å². The van der Waals surface area contributed by atoms with Crippen molar-refractivity contribution in [1.29, 1.82) is 0 Å². The average Bonchev–Trinajstić information content (AvgIpc) is 2.53. The van der Waals surface area contributed by atoms with E-state index in [1.807, 2.05) is 11.9 Å². The summed E-state index contributed by atoms with van der Waals surface area (Å²) in [4.78, 5) is 16.9. The van der Waals surface area contributed by atoms with Crippen molar-refractivity contribution in [3.63, 3.8) is 0 Å². The first kappa shape index (κ1) is 15.5. The Morgan fingerprint density at radius 3 is 2.45 bits per heavy atom. The van der Waals surface area contributed by atoms with E-state index >= 15 is 0 Å². The van der Waals surface area contributed by atoms with E-state index in [-0.39, 0.29) is 5.91 Å². The van der Waals surface area contributed by atoms with Crippen LogP contribution in [0.5, 0.6) is 0 Å². The van der Waals surface area contributed by atoms with Crippen molar-refractivity contribution in [2.75, 3.05) is 20.1 Å². The predicted octanol–water partition coefficient (Wildman–Crippen LogP) is 1.99. The molecule has 1 amide bonds. The summed E-state index contributed by atoms with van der Waals surface area (Å²) >= 11 is 0. The largest absolute Gasteiger partial charge is 0.341 e. The second kappa shape index (κ2) is 6.39. The van der Waals surface area contributed by atoms with Gasteiger partial charge in [-0.15, -0.1) is 0 Å². The van der Waals surface area contributed by atoms with E-state index in [9.17, 15) is 4.79 Å². The minimum absolute atomic E-state index is 0.153. The number of piperidine rings is 1. The zero-order valence-electron chi connectivity index (χ0n) is 13.5. The van der Waals surface area contributed by atoms with E-state index < -0.39 is 5.54 Å². The molecule has 0 bridgehead atoms. The molecular formula is C18H27N3O. The zero-order valence-corrected chi connectivity index (χ0v) is 13.5. The van der Waals surface area contributed by atoms with Gasteiger partial charge in [-0.25, -0.2) is 0 Å². The Bertz CT molecular complexity index is 504. The Morgan fingerprint density at radius 2 is 1.91 bits per heavy atom. The Kier molecular flexibility index (Phi) is 4.50. The van der Waals surface area contributed by atoms with Crippen LogP contribution in [0, 0.1) is 0 Å². The number of likely N-dealkylation sites (N-methyl/N-ethyl adjacent to an activating group) is 1. The fourth-order valence-corrected chi connectivity index (χ4v) is 3.59. The van der Waals surface area contributed by atoms with Crippen molar-refractivity contribution in [3.05, 3.63) is 35.9 Å². The third-order valence-corrected chi connectivity index (χ3v) is 5.35. The third kappa shape index (κ3) is 3.18. The van der Waals surface area contributed by atoms with Gasteiger partial charge in [0.2, 0.25) is 5.91 Å². The van der Waals surface area contributed by atoms with Crippen molar-refractivity contribution in [3.8, 4) is 0 Å². The van der Waals surface area contributed by atoms with Crippen LogP contribution < -0.4 is 5.73 Å². The van der Waals surface area contributed by atoms with Gasteiger partial charge in [0.15, 0.2) is 0 Å². The summed E-state index contributed by atoms with van der Waals surface area (Å²) in [5.41, 5.74) is 6.98. The highest BCUT2D eigenvalue weighted by Gasteiger charge is 2.43. The van der Waals surface area contributed by atoms with E-state index in [4.69, 9.17) is 5.73 Å². The van der Waals surface area contributed by atoms with Crippen molar-refractivity contribution in [2.45, 2.75) is 50.2 Å². The first-order valence-electron chi connectivity index (χ1n) is 8.41. The van der Waals surface area contributed by atoms with Crippen molar-refractivity contribution in [2.24, 2.45) is 5.73 Å². The number of benzene rings is 1. The first-order chi connectivity index (χ1) is 10.6. The number of hydrogen-bond donors (Lipinski definition) is 1. The van der Waals surface area contributed by atoms with Crippen LogP contribution in [-0.2, 0) is 11.3 Å². The van der Waals surface area contributed by atoms with E-state index in [0.29, 0.717) is 6.04 Å². The van der Waals surface area contributed by atoms with E-state index in [1.165, 1.54) is 5.56 Å². The van der Waals surface area contributed by atoms with E-state index in [1.54, 1.807) is 0 Å². The Hall–Kier alpha value is -1.39. The summed E-state index contributed by atoms with van der Waals surface area (Å²) in [5.74, 6) is 0.153. The molecule has 1 heterocycles. The predicted molar refractivity (Wildman–Crippen MR) is 88.3 cm³/mol. The summed E-state index contributed by atoms with van der Waals surface area (Å²) in [6.45, 7) is 3.11. The molecule has 1 aliphatic heterocycles. The van der Waals surface area contributed by atoms with Crippen LogP contribution in [0.1, 0.15) is 37.7 Å². The fraction of sp³-hybridized carbons (Fsp3) is 0.611. The lowest BCUT2D eigenvalue weighted by atomic mass is 9.76. The standard InChI is InChI=1S/C18H27N3O/c1-20(17(22)18(19)10-5-11-18)16-8-12-21(13-9-16)14-15-6-3-2-4-7-15/h2-4,6-7,16H,5,8-14,19H2,1H3. The second-order valence-electron chi connectivity index (χ2n) is 6.92. The molecular weight excluding hydrogens is 274 g/mol. The normalized spacial score (nSPS) is 22.1. The minimum atomic E-state index is -0.560. The van der Waals surface area contributed by atoms with Gasteiger partial charge in [0.25, 0.3) is 0 Å². The molecule has 120 valence electrons. The van der Waals surface area contributed by atoms with Crippen molar-refractivity contribution < 1.29 is 4.79 Å². The molecule has 1 aromatic carbocycles. The average molecular weight is 301 g/mol. The van der Waals surface area contributed by atoms with Gasteiger partial charge in [-0.1, -0.05) is 30.3 Å². The van der Waals surface area contributed by atoms with Crippen molar-refractivity contribution >= 4 is 5.91 Å². The number of carbonyl (C=O) groups excluding carboxylic acids is 1. The van der Waals surface area contributed by atoms with Crippen molar-refractivity contribution in [1.82, 2.24) is 9.80 Å². The lowest BCUT2D eigenvalue weighted by Crippen LogP contribution is -2.61. The third-order valence-electron chi connectivity index (χ3n) is 5.35. The molecule has 1 aliphatic carbocycles. The number of nitrogens with zero attached hydrogens (tertiary/aromatic N) is 2. The summed E-state index contributed by atoms with van der Waals surface area (Å²) in [5, 5.41) is 0. The van der Waals surface area contributed by atoms with Gasteiger partial charge in [0.05, 0.1) is 5.54 Å². The molecule has 3 rings (SSSR count). The molecule has 0 atom stereocenters. The lowest BCUT2D eigenvalue weighted by Gasteiger charge is -2.43. The SMILES string of the molecule is CN(C(=O)C1(N)CCC1)C1CCN(Cc2ccccc2)CC1. The molecule has 22 heavy (non-hydrogen) atoms. The minimum Gasteiger partial charge on any atom is -0.341 e. The number of nitrogens with two attached hydrogens (primary N) is 1. The maximum atomic E-state index is 12.5. The molecule has 4 heteroatoms. The number of hydrogen-bond acceptors (Lipinski definition) is 3. The van der Waals surface area contributed by atoms with Crippen LogP contribution in [0.2, 0.25) is 0 Å². The van der Waals surface area contributed by atoms with Crippen LogP contribution in [0.3, 0.4) is 0 Å². The summed E-state index contributed by atoms with van der Waals surface area (Å²) in [6, 6.07) is 10.9. The monoisotopic (exact) mass is 301 g/mol. The molecule has 0 aromatic heterocycles. The molecule has 0 unspecified atom stereocenters. The number of likely N-dealkylation sites (tertiary alicyclic amines) is 1. The second-order valence-corrected chi connectivity index (χ2v) is 6.92. The highest BCUT2D eigenvalue weighted by molar-refractivity contribution is 5.87. The Balaban J connectivity index is 1.50. The molecule has 1 aromatic rings. The van der Waals surface area contributed by atoms with Crippen LogP contribution >= 0.6 is 0 Å². The maximum Gasteiger partial charge on any atom is 0.242 e. The van der Waals surface area contributed by atoms with Gasteiger partial charge in [0, 0.05) is 32.7 Å². The molecule has 2 aliphatic rings. The Labute approximate surface area is 133 Å². The van der Waals surface area contributed by atoms with E-state index in [2.05, 4.69) is 35.2 Å². The number of rotatable bonds is 4. The van der Waals surface area contributed by atoms with Crippen LogP contribution in [0.25, 0.3) is 0 Å². The summed E-state index contributed by atoms with van der Waals surface area (Å²) in [7, 11) is 1.94. The molecule has 4 nitrogen and oxygen atoms in total. The quantitative estimate of drug-likeness (QED) is 0.925. The van der Waals surface area contributed by atoms with Crippen LogP contribution in [0.4, 0.5) is 0 Å². The Morgan fingerprint density at radius 1 is 1.27 bits per heavy atom. The van der Waals surface area contributed by atoms with Gasteiger partial charge < -0.3 is 10.6 Å². The molecule has 2 N–H and O–H groups in total. The summed E-state index contributed by atoms with van der Waals surface area (Å²) < 4.78 is 0. The lowest BCUT2D eigenvalue weighted by molar-refractivity contribution is -0.141. The summed E-state index contributed by atoms with van der Waals surface area (Å²) in [6.07, 6.45) is 4.88. The molecule has 1 saturated carbocycles. The highest BCUT2D eigenvalue weighted by Crippen LogP contribution is 2.32. The smallest absolute Gasteiger partial charge is 0.242 e. The van der Waals surface area contributed by atoms with Gasteiger partial charge in [-0.05, 0) is 37.7 Å². The first-order valence-corrected chi connectivity index (χ1v) is 8.41. The molecule has 1 saturated heterocycles.